The molecule has 3 heterocycles. The van der Waals surface area contributed by atoms with E-state index in [2.05, 4.69) is 58.4 Å². The van der Waals surface area contributed by atoms with Gasteiger partial charge < -0.3 is 4.90 Å². The number of fused-ring (bicyclic) bond motifs is 1. The molecule has 2 aromatic heterocycles. The molecule has 1 aliphatic rings. The normalized spacial score (nSPS) is 14.1. The van der Waals surface area contributed by atoms with E-state index in [9.17, 15) is 9.59 Å². The number of carbonyl (C=O) groups is 1. The van der Waals surface area contributed by atoms with Gasteiger partial charge in [-0.15, -0.1) is 0 Å². The quantitative estimate of drug-likeness (QED) is 0.300. The molecule has 0 saturated carbocycles. The Bertz CT molecular complexity index is 1630. The number of benzene rings is 3. The summed E-state index contributed by atoms with van der Waals surface area (Å²) in [5.41, 5.74) is 5.09. The number of piperazine rings is 1. The third-order valence-corrected chi connectivity index (χ3v) is 7.74. The van der Waals surface area contributed by atoms with Crippen LogP contribution in [0.1, 0.15) is 38.7 Å². The topological polar surface area (TPSA) is 58.4 Å². The van der Waals surface area contributed by atoms with Crippen molar-refractivity contribution < 1.29 is 4.79 Å². The molecule has 6 nitrogen and oxygen atoms in total. The van der Waals surface area contributed by atoms with Crippen LogP contribution in [0.15, 0.2) is 114 Å². The smallest absolute Gasteiger partial charge is 0.265 e. The van der Waals surface area contributed by atoms with Crippen molar-refractivity contribution >= 4 is 16.9 Å². The van der Waals surface area contributed by atoms with Crippen molar-refractivity contribution in [1.29, 1.82) is 0 Å². The van der Waals surface area contributed by atoms with Crippen LogP contribution in [-0.4, -0.2) is 51.4 Å². The first-order valence-electron chi connectivity index (χ1n) is 13.8. The Morgan fingerprint density at radius 2 is 1.43 bits per heavy atom. The Hall–Kier alpha value is -4.55. The van der Waals surface area contributed by atoms with Gasteiger partial charge >= 0.3 is 0 Å². The van der Waals surface area contributed by atoms with Crippen LogP contribution in [0.4, 0.5) is 0 Å². The van der Waals surface area contributed by atoms with Crippen molar-refractivity contribution in [2.45, 2.75) is 19.5 Å². The van der Waals surface area contributed by atoms with Gasteiger partial charge in [0.1, 0.15) is 11.2 Å². The minimum Gasteiger partial charge on any atom is -0.336 e. The van der Waals surface area contributed by atoms with Crippen molar-refractivity contribution in [3.05, 3.63) is 147 Å². The summed E-state index contributed by atoms with van der Waals surface area (Å²) in [5, 5.41) is 0.782. The Labute approximate surface area is 234 Å². The minimum absolute atomic E-state index is 0.109. The number of nitrogens with zero attached hydrogens (tertiary/aromatic N) is 4. The molecule has 0 radical (unpaired) electrons. The number of hydrogen-bond acceptors (Lipinski definition) is 4. The lowest BCUT2D eigenvalue weighted by molar-refractivity contribution is 0.0595. The standard InChI is InChI=1S/C34H32N4O2/c1-25-14-16-26(17-15-25)24-38-32-29(13-8-18-35-32)23-30(34(38)40)33(39)37-21-19-36(20-22-37)31(27-9-4-2-5-10-27)28-11-6-3-7-12-28/h2-18,23,31H,19-22,24H2,1H3. The maximum atomic E-state index is 13.8. The van der Waals surface area contributed by atoms with E-state index in [1.807, 2.05) is 60.4 Å². The fourth-order valence-electron chi connectivity index (χ4n) is 5.62. The first-order chi connectivity index (χ1) is 19.6. The van der Waals surface area contributed by atoms with E-state index in [1.54, 1.807) is 16.8 Å². The fraction of sp³-hybridized carbons (Fsp3) is 0.206. The summed E-state index contributed by atoms with van der Waals surface area (Å²) in [4.78, 5) is 36.3. The molecule has 1 aliphatic heterocycles. The number of aromatic nitrogens is 2. The number of amides is 1. The molecule has 40 heavy (non-hydrogen) atoms. The lowest BCUT2D eigenvalue weighted by atomic mass is 9.96. The van der Waals surface area contributed by atoms with Gasteiger partial charge in [0.05, 0.1) is 12.6 Å². The molecule has 0 atom stereocenters. The molecule has 3 aromatic carbocycles. The number of pyridine rings is 2. The van der Waals surface area contributed by atoms with Crippen LogP contribution in [0.5, 0.6) is 0 Å². The van der Waals surface area contributed by atoms with Crippen molar-refractivity contribution in [3.8, 4) is 0 Å². The summed E-state index contributed by atoms with van der Waals surface area (Å²) in [6.07, 6.45) is 1.68. The van der Waals surface area contributed by atoms with Gasteiger partial charge in [-0.05, 0) is 41.8 Å². The van der Waals surface area contributed by atoms with Crippen molar-refractivity contribution in [1.82, 2.24) is 19.4 Å². The van der Waals surface area contributed by atoms with Crippen LogP contribution < -0.4 is 5.56 Å². The van der Waals surface area contributed by atoms with E-state index in [4.69, 9.17) is 0 Å². The van der Waals surface area contributed by atoms with Gasteiger partial charge in [-0.3, -0.25) is 19.1 Å². The Kier molecular flexibility index (Phi) is 7.25. The zero-order chi connectivity index (χ0) is 27.5. The molecule has 1 saturated heterocycles. The van der Waals surface area contributed by atoms with Crippen LogP contribution in [0.25, 0.3) is 11.0 Å². The molecule has 0 bridgehead atoms. The monoisotopic (exact) mass is 528 g/mol. The predicted octanol–water partition coefficient (Wildman–Crippen LogP) is 5.30. The lowest BCUT2D eigenvalue weighted by Gasteiger charge is -2.39. The molecular weight excluding hydrogens is 496 g/mol. The van der Waals surface area contributed by atoms with Crippen LogP contribution >= 0.6 is 0 Å². The Morgan fingerprint density at radius 1 is 0.800 bits per heavy atom. The van der Waals surface area contributed by atoms with Gasteiger partial charge in [0.15, 0.2) is 0 Å². The van der Waals surface area contributed by atoms with Gasteiger partial charge in [0.25, 0.3) is 11.5 Å². The number of hydrogen-bond donors (Lipinski definition) is 0. The molecule has 6 heteroatoms. The highest BCUT2D eigenvalue weighted by atomic mass is 16.2. The summed E-state index contributed by atoms with van der Waals surface area (Å²) >= 11 is 0. The number of carbonyl (C=O) groups excluding carboxylic acids is 1. The van der Waals surface area contributed by atoms with Crippen molar-refractivity contribution in [2.24, 2.45) is 0 Å². The Morgan fingerprint density at radius 3 is 2.05 bits per heavy atom. The number of rotatable bonds is 6. The summed E-state index contributed by atoms with van der Waals surface area (Å²) in [6, 6.07) is 34.7. The van der Waals surface area contributed by atoms with Gasteiger partial charge in [-0.25, -0.2) is 4.98 Å². The van der Waals surface area contributed by atoms with E-state index >= 15 is 0 Å². The first-order valence-corrected chi connectivity index (χ1v) is 13.8. The van der Waals surface area contributed by atoms with Crippen LogP contribution in [0.3, 0.4) is 0 Å². The SMILES string of the molecule is Cc1ccc(Cn2c(=O)c(C(=O)N3CCN(C(c4ccccc4)c4ccccc4)CC3)cc3cccnc32)cc1. The van der Waals surface area contributed by atoms with Crippen molar-refractivity contribution in [3.63, 3.8) is 0 Å². The second kappa shape index (κ2) is 11.3. The van der Waals surface area contributed by atoms with Gasteiger partial charge in [-0.2, -0.15) is 0 Å². The highest BCUT2D eigenvalue weighted by Gasteiger charge is 2.30. The van der Waals surface area contributed by atoms with E-state index < -0.39 is 0 Å². The third-order valence-electron chi connectivity index (χ3n) is 7.74. The molecule has 6 rings (SSSR count). The average molecular weight is 529 g/mol. The van der Waals surface area contributed by atoms with Crippen molar-refractivity contribution in [2.75, 3.05) is 26.2 Å². The van der Waals surface area contributed by atoms with Crippen LogP contribution in [-0.2, 0) is 6.54 Å². The zero-order valence-electron chi connectivity index (χ0n) is 22.6. The largest absolute Gasteiger partial charge is 0.336 e. The van der Waals surface area contributed by atoms with E-state index in [0.29, 0.717) is 38.4 Å². The lowest BCUT2D eigenvalue weighted by Crippen LogP contribution is -2.50. The third kappa shape index (κ3) is 5.18. The van der Waals surface area contributed by atoms with Gasteiger partial charge in [-0.1, -0.05) is 90.5 Å². The summed E-state index contributed by atoms with van der Waals surface area (Å²) < 4.78 is 1.63. The molecule has 0 N–H and O–H groups in total. The predicted molar refractivity (Wildman–Crippen MR) is 158 cm³/mol. The summed E-state index contributed by atoms with van der Waals surface area (Å²) in [5.74, 6) is -0.218. The minimum atomic E-state index is -0.300. The van der Waals surface area contributed by atoms with E-state index in [-0.39, 0.29) is 23.1 Å². The zero-order valence-corrected chi connectivity index (χ0v) is 22.6. The summed E-state index contributed by atoms with van der Waals surface area (Å²) in [6.45, 7) is 4.93. The molecular formula is C34H32N4O2. The molecule has 0 spiro atoms. The molecule has 1 amide bonds. The second-order valence-electron chi connectivity index (χ2n) is 10.4. The summed E-state index contributed by atoms with van der Waals surface area (Å²) in [7, 11) is 0. The van der Waals surface area contributed by atoms with Gasteiger partial charge in [0.2, 0.25) is 0 Å². The van der Waals surface area contributed by atoms with Crippen LogP contribution in [0.2, 0.25) is 0 Å². The highest BCUT2D eigenvalue weighted by molar-refractivity contribution is 5.97. The average Bonchev–Trinajstić information content (AvgIpc) is 3.01. The molecule has 0 unspecified atom stereocenters. The fourth-order valence-corrected chi connectivity index (χ4v) is 5.62. The maximum absolute atomic E-state index is 13.8. The van der Waals surface area contributed by atoms with E-state index in [1.165, 1.54) is 11.1 Å². The molecule has 1 fully saturated rings. The molecule has 0 aliphatic carbocycles. The maximum Gasteiger partial charge on any atom is 0.265 e. The molecule has 200 valence electrons. The van der Waals surface area contributed by atoms with Gasteiger partial charge in [0, 0.05) is 37.8 Å². The molecule has 5 aromatic rings. The van der Waals surface area contributed by atoms with Crippen LogP contribution in [0, 0.1) is 6.92 Å². The van der Waals surface area contributed by atoms with E-state index in [0.717, 1.165) is 16.5 Å². The Balaban J connectivity index is 1.27. The second-order valence-corrected chi connectivity index (χ2v) is 10.4. The highest BCUT2D eigenvalue weighted by Crippen LogP contribution is 2.29. The number of aryl methyl sites for hydroxylation is 1. The first kappa shape index (κ1) is 25.7.